The van der Waals surface area contributed by atoms with E-state index < -0.39 is 11.7 Å². The van der Waals surface area contributed by atoms with E-state index in [1.807, 2.05) is 6.20 Å². The fourth-order valence-electron chi connectivity index (χ4n) is 3.70. The maximum absolute atomic E-state index is 13.3. The first-order valence-electron chi connectivity index (χ1n) is 8.62. The van der Waals surface area contributed by atoms with E-state index in [9.17, 15) is 17.6 Å². The number of hydrogen-bond acceptors (Lipinski definition) is 1. The minimum absolute atomic E-state index is 0.303. The summed E-state index contributed by atoms with van der Waals surface area (Å²) in [6, 6.07) is 9.70. The minimum Gasteiger partial charge on any atom is -0.317 e. The zero-order chi connectivity index (χ0) is 18.3. The maximum atomic E-state index is 13.3. The lowest BCUT2D eigenvalue weighted by atomic mass is 9.90. The molecule has 4 rings (SSSR count). The van der Waals surface area contributed by atoms with Crippen LogP contribution in [0.4, 0.5) is 17.6 Å². The highest BCUT2D eigenvalue weighted by molar-refractivity contribution is 5.87. The summed E-state index contributed by atoms with van der Waals surface area (Å²) in [5.41, 5.74) is 1.53. The predicted octanol–water partition coefficient (Wildman–Crippen LogP) is 5.26. The van der Waals surface area contributed by atoms with E-state index in [4.69, 9.17) is 0 Å². The van der Waals surface area contributed by atoms with Crippen LogP contribution in [0.25, 0.3) is 16.6 Å². The Kier molecular flexibility index (Phi) is 4.23. The van der Waals surface area contributed by atoms with E-state index in [0.717, 1.165) is 42.9 Å². The van der Waals surface area contributed by atoms with Crippen LogP contribution in [0.3, 0.4) is 0 Å². The molecule has 26 heavy (non-hydrogen) atoms. The summed E-state index contributed by atoms with van der Waals surface area (Å²) in [6.45, 7) is 1.79. The third kappa shape index (κ3) is 3.09. The van der Waals surface area contributed by atoms with Crippen molar-refractivity contribution in [3.05, 3.63) is 65.6 Å². The van der Waals surface area contributed by atoms with Crippen LogP contribution in [0.1, 0.15) is 29.9 Å². The molecule has 0 spiro atoms. The number of aromatic nitrogens is 1. The Bertz CT molecular complexity index is 919. The molecule has 0 bridgehead atoms. The number of alkyl halides is 3. The van der Waals surface area contributed by atoms with Crippen LogP contribution in [0, 0.1) is 5.82 Å². The lowest BCUT2D eigenvalue weighted by molar-refractivity contribution is -0.137. The van der Waals surface area contributed by atoms with Gasteiger partial charge in [-0.05, 0) is 73.8 Å². The molecular weight excluding hydrogens is 344 g/mol. The molecule has 0 atom stereocenters. The van der Waals surface area contributed by atoms with Crippen molar-refractivity contribution in [2.45, 2.75) is 24.9 Å². The molecule has 136 valence electrons. The third-order valence-electron chi connectivity index (χ3n) is 5.05. The number of halogens is 4. The zero-order valence-corrected chi connectivity index (χ0v) is 14.0. The highest BCUT2D eigenvalue weighted by Crippen LogP contribution is 2.38. The normalized spacial score (nSPS) is 16.3. The Labute approximate surface area is 148 Å². The second kappa shape index (κ2) is 6.43. The number of benzene rings is 2. The third-order valence-corrected chi connectivity index (χ3v) is 5.05. The van der Waals surface area contributed by atoms with Crippen molar-refractivity contribution in [1.29, 1.82) is 0 Å². The zero-order valence-electron chi connectivity index (χ0n) is 14.0. The molecule has 0 radical (unpaired) electrons. The highest BCUT2D eigenvalue weighted by Gasteiger charge is 2.31. The molecular formula is C20H18F4N2. The Morgan fingerprint density at radius 1 is 0.962 bits per heavy atom. The van der Waals surface area contributed by atoms with Gasteiger partial charge >= 0.3 is 6.18 Å². The van der Waals surface area contributed by atoms with E-state index in [-0.39, 0.29) is 5.82 Å². The van der Waals surface area contributed by atoms with E-state index in [2.05, 4.69) is 5.32 Å². The molecule has 2 nitrogen and oxygen atoms in total. The quantitative estimate of drug-likeness (QED) is 0.616. The van der Waals surface area contributed by atoms with Gasteiger partial charge in [-0.15, -0.1) is 0 Å². The number of fused-ring (bicyclic) bond motifs is 1. The van der Waals surface area contributed by atoms with Gasteiger partial charge in [0.2, 0.25) is 0 Å². The lowest BCUT2D eigenvalue weighted by Crippen LogP contribution is -2.26. The maximum Gasteiger partial charge on any atom is 0.416 e. The van der Waals surface area contributed by atoms with E-state index in [1.54, 1.807) is 22.8 Å². The number of nitrogens with one attached hydrogen (secondary N) is 1. The summed E-state index contributed by atoms with van der Waals surface area (Å²) in [5.74, 6) is -0.0723. The largest absolute Gasteiger partial charge is 0.416 e. The second-order valence-corrected chi connectivity index (χ2v) is 6.68. The number of nitrogens with zero attached hydrogens (tertiary/aromatic N) is 1. The number of hydrogen-bond donors (Lipinski definition) is 1. The topological polar surface area (TPSA) is 17.0 Å². The van der Waals surface area contributed by atoms with Crippen LogP contribution in [0.2, 0.25) is 0 Å². The smallest absolute Gasteiger partial charge is 0.317 e. The molecule has 1 aromatic heterocycles. The first-order valence-corrected chi connectivity index (χ1v) is 8.62. The van der Waals surface area contributed by atoms with Crippen molar-refractivity contribution < 1.29 is 17.6 Å². The molecule has 1 saturated heterocycles. The number of rotatable bonds is 2. The summed E-state index contributed by atoms with van der Waals surface area (Å²) in [6.07, 6.45) is -0.595. The molecule has 1 N–H and O–H groups in total. The van der Waals surface area contributed by atoms with Gasteiger partial charge in [0.25, 0.3) is 0 Å². The van der Waals surface area contributed by atoms with Gasteiger partial charge in [-0.3, -0.25) is 0 Å². The van der Waals surface area contributed by atoms with Gasteiger partial charge in [-0.2, -0.15) is 13.2 Å². The van der Waals surface area contributed by atoms with Gasteiger partial charge in [-0.1, -0.05) is 6.07 Å². The molecule has 3 aromatic rings. The first kappa shape index (κ1) is 17.1. The monoisotopic (exact) mass is 362 g/mol. The average molecular weight is 362 g/mol. The van der Waals surface area contributed by atoms with Crippen LogP contribution < -0.4 is 5.32 Å². The standard InChI is InChI=1S/C20H18F4N2/c21-15-2-4-16(5-3-15)26-12-18(13-7-9-25-10-8-13)17-6-1-14(11-19(17)26)20(22,23)24/h1-6,11-13,25H,7-10H2. The van der Waals surface area contributed by atoms with Gasteiger partial charge in [0.05, 0.1) is 11.1 Å². The van der Waals surface area contributed by atoms with Crippen molar-refractivity contribution in [3.8, 4) is 5.69 Å². The van der Waals surface area contributed by atoms with Crippen LogP contribution in [0.5, 0.6) is 0 Å². The van der Waals surface area contributed by atoms with Crippen molar-refractivity contribution in [3.63, 3.8) is 0 Å². The van der Waals surface area contributed by atoms with Crippen molar-refractivity contribution in [2.24, 2.45) is 0 Å². The molecule has 0 unspecified atom stereocenters. The summed E-state index contributed by atoms with van der Waals surface area (Å²) < 4.78 is 54.6. The molecule has 1 aliphatic heterocycles. The van der Waals surface area contributed by atoms with Crippen LogP contribution in [-0.4, -0.2) is 17.7 Å². The SMILES string of the molecule is Fc1ccc(-n2cc(C3CCNCC3)c3ccc(C(F)(F)F)cc32)cc1. The van der Waals surface area contributed by atoms with E-state index in [1.165, 1.54) is 18.2 Å². The van der Waals surface area contributed by atoms with Gasteiger partial charge in [0.15, 0.2) is 0 Å². The van der Waals surface area contributed by atoms with Crippen molar-refractivity contribution in [1.82, 2.24) is 9.88 Å². The van der Waals surface area contributed by atoms with Gasteiger partial charge in [-0.25, -0.2) is 4.39 Å². The molecule has 2 heterocycles. The van der Waals surface area contributed by atoms with Gasteiger partial charge in [0, 0.05) is 17.3 Å². The van der Waals surface area contributed by atoms with Crippen molar-refractivity contribution in [2.75, 3.05) is 13.1 Å². The second-order valence-electron chi connectivity index (χ2n) is 6.68. The van der Waals surface area contributed by atoms with Crippen LogP contribution >= 0.6 is 0 Å². The first-order chi connectivity index (χ1) is 12.4. The molecule has 0 aliphatic carbocycles. The van der Waals surface area contributed by atoms with Crippen LogP contribution in [0.15, 0.2) is 48.7 Å². The molecule has 1 fully saturated rings. The van der Waals surface area contributed by atoms with Gasteiger partial charge < -0.3 is 9.88 Å². The van der Waals surface area contributed by atoms with E-state index in [0.29, 0.717) is 17.1 Å². The van der Waals surface area contributed by atoms with Crippen molar-refractivity contribution >= 4 is 10.9 Å². The number of piperidine rings is 1. The summed E-state index contributed by atoms with van der Waals surface area (Å²) in [7, 11) is 0. The summed E-state index contributed by atoms with van der Waals surface area (Å²) in [4.78, 5) is 0. The summed E-state index contributed by atoms with van der Waals surface area (Å²) >= 11 is 0. The Balaban J connectivity index is 1.91. The molecule has 0 saturated carbocycles. The fourth-order valence-corrected chi connectivity index (χ4v) is 3.70. The minimum atomic E-state index is -4.40. The Hall–Kier alpha value is -2.34. The molecule has 1 aliphatic rings. The van der Waals surface area contributed by atoms with Gasteiger partial charge in [0.1, 0.15) is 5.82 Å². The molecule has 0 amide bonds. The fraction of sp³-hybridized carbons (Fsp3) is 0.300. The average Bonchev–Trinajstić information content (AvgIpc) is 3.01. The highest BCUT2D eigenvalue weighted by atomic mass is 19.4. The lowest BCUT2D eigenvalue weighted by Gasteiger charge is -2.22. The molecule has 2 aromatic carbocycles. The predicted molar refractivity (Wildman–Crippen MR) is 93.1 cm³/mol. The Morgan fingerprint density at radius 3 is 2.31 bits per heavy atom. The van der Waals surface area contributed by atoms with Crippen LogP contribution in [-0.2, 0) is 6.18 Å². The Morgan fingerprint density at radius 2 is 1.65 bits per heavy atom. The van der Waals surface area contributed by atoms with E-state index >= 15 is 0 Å². The summed E-state index contributed by atoms with van der Waals surface area (Å²) in [5, 5.41) is 4.14. The molecule has 6 heteroatoms.